The molecule has 0 atom stereocenters. The molecule has 1 fully saturated rings. The lowest BCUT2D eigenvalue weighted by molar-refractivity contribution is 0.142. The van der Waals surface area contributed by atoms with E-state index in [-0.39, 0.29) is 0 Å². The third-order valence-electron chi connectivity index (χ3n) is 5.14. The molecule has 0 unspecified atom stereocenters. The second kappa shape index (κ2) is 8.99. The molecule has 0 aromatic rings. The number of hydrogen-bond acceptors (Lipinski definition) is 0. The number of unbranched alkanes of at least 4 members (excludes halogenated alkanes) is 6. The molecular formula is C18H36. The Morgan fingerprint density at radius 3 is 1.94 bits per heavy atom. The van der Waals surface area contributed by atoms with Crippen LogP contribution in [0.1, 0.15) is 104 Å². The molecule has 0 heterocycles. The van der Waals surface area contributed by atoms with Crippen LogP contribution in [0.3, 0.4) is 0 Å². The third kappa shape index (κ3) is 6.25. The largest absolute Gasteiger partial charge is 0.0654 e. The minimum Gasteiger partial charge on any atom is -0.0654 e. The van der Waals surface area contributed by atoms with Gasteiger partial charge in [0.2, 0.25) is 0 Å². The molecule has 18 heavy (non-hydrogen) atoms. The van der Waals surface area contributed by atoms with Crippen molar-refractivity contribution in [2.45, 2.75) is 104 Å². The van der Waals surface area contributed by atoms with Gasteiger partial charge < -0.3 is 0 Å². The van der Waals surface area contributed by atoms with Gasteiger partial charge in [-0.05, 0) is 30.6 Å². The second-order valence-corrected chi connectivity index (χ2v) is 7.19. The smallest absolute Gasteiger partial charge is 0.0326 e. The van der Waals surface area contributed by atoms with Crippen molar-refractivity contribution in [1.82, 2.24) is 0 Å². The summed E-state index contributed by atoms with van der Waals surface area (Å²) in [6.07, 6.45) is 19.1. The summed E-state index contributed by atoms with van der Waals surface area (Å²) < 4.78 is 0. The highest BCUT2D eigenvalue weighted by Crippen LogP contribution is 2.41. The monoisotopic (exact) mass is 252 g/mol. The zero-order chi connectivity index (χ0) is 13.3. The highest BCUT2D eigenvalue weighted by Gasteiger charge is 2.29. The Hall–Kier alpha value is 0. The first-order valence-corrected chi connectivity index (χ1v) is 8.67. The molecule has 1 saturated carbocycles. The lowest BCUT2D eigenvalue weighted by Crippen LogP contribution is -2.26. The van der Waals surface area contributed by atoms with Crippen molar-refractivity contribution in [3.8, 4) is 0 Å². The van der Waals surface area contributed by atoms with Crippen molar-refractivity contribution in [2.24, 2.45) is 11.3 Å². The van der Waals surface area contributed by atoms with Gasteiger partial charge in [0.05, 0.1) is 0 Å². The van der Waals surface area contributed by atoms with Crippen LogP contribution in [0.25, 0.3) is 0 Å². The van der Waals surface area contributed by atoms with E-state index in [0.717, 1.165) is 5.92 Å². The van der Waals surface area contributed by atoms with Gasteiger partial charge in [-0.25, -0.2) is 0 Å². The van der Waals surface area contributed by atoms with E-state index >= 15 is 0 Å². The van der Waals surface area contributed by atoms with Crippen LogP contribution in [0.4, 0.5) is 0 Å². The summed E-state index contributed by atoms with van der Waals surface area (Å²) in [7, 11) is 0. The Morgan fingerprint density at radius 1 is 0.778 bits per heavy atom. The van der Waals surface area contributed by atoms with E-state index in [1.54, 1.807) is 0 Å². The minimum absolute atomic E-state index is 0.615. The zero-order valence-corrected chi connectivity index (χ0v) is 13.3. The minimum atomic E-state index is 0.615. The van der Waals surface area contributed by atoms with Crippen molar-refractivity contribution >= 4 is 0 Å². The molecule has 1 aliphatic carbocycles. The van der Waals surface area contributed by atoms with Gasteiger partial charge in [-0.1, -0.05) is 85.0 Å². The van der Waals surface area contributed by atoms with Gasteiger partial charge in [0.25, 0.3) is 0 Å². The summed E-state index contributed by atoms with van der Waals surface area (Å²) in [4.78, 5) is 0. The summed E-state index contributed by atoms with van der Waals surface area (Å²) in [5.74, 6) is 1.02. The van der Waals surface area contributed by atoms with Crippen LogP contribution in [0.2, 0.25) is 0 Å². The summed E-state index contributed by atoms with van der Waals surface area (Å²) in [6, 6.07) is 0. The van der Waals surface area contributed by atoms with Gasteiger partial charge in [0, 0.05) is 0 Å². The van der Waals surface area contributed by atoms with Crippen molar-refractivity contribution < 1.29 is 0 Å². The molecule has 0 nitrogen and oxygen atoms in total. The SMILES string of the molecule is CCCCCCCCCC(C)(C)C1CCCCC1. The molecule has 0 aliphatic heterocycles. The molecule has 0 aromatic carbocycles. The molecule has 0 heteroatoms. The van der Waals surface area contributed by atoms with Gasteiger partial charge in [-0.15, -0.1) is 0 Å². The van der Waals surface area contributed by atoms with Crippen molar-refractivity contribution in [2.75, 3.05) is 0 Å². The maximum atomic E-state index is 2.53. The molecule has 0 spiro atoms. The Balaban J connectivity index is 2.05. The Morgan fingerprint density at radius 2 is 1.33 bits per heavy atom. The van der Waals surface area contributed by atoms with E-state index in [1.807, 2.05) is 0 Å². The molecule has 0 amide bonds. The highest BCUT2D eigenvalue weighted by atomic mass is 14.3. The van der Waals surface area contributed by atoms with Crippen molar-refractivity contribution in [1.29, 1.82) is 0 Å². The van der Waals surface area contributed by atoms with Gasteiger partial charge in [-0.3, -0.25) is 0 Å². The lowest BCUT2D eigenvalue weighted by Gasteiger charge is -2.37. The van der Waals surface area contributed by atoms with E-state index < -0.39 is 0 Å². The summed E-state index contributed by atoms with van der Waals surface area (Å²) >= 11 is 0. The Bertz CT molecular complexity index is 186. The van der Waals surface area contributed by atoms with E-state index in [2.05, 4.69) is 20.8 Å². The molecule has 0 radical (unpaired) electrons. The fourth-order valence-electron chi connectivity index (χ4n) is 3.63. The fraction of sp³-hybridized carbons (Fsp3) is 1.00. The standard InChI is InChI=1S/C18H36/c1-4-5-6-7-8-9-13-16-18(2,3)17-14-11-10-12-15-17/h17H,4-16H2,1-3H3. The molecule has 0 bridgehead atoms. The molecule has 0 saturated heterocycles. The normalized spacial score (nSPS) is 18.2. The predicted molar refractivity (Wildman–Crippen MR) is 83.0 cm³/mol. The van der Waals surface area contributed by atoms with Gasteiger partial charge in [0.15, 0.2) is 0 Å². The average Bonchev–Trinajstić information content (AvgIpc) is 2.39. The number of hydrogen-bond donors (Lipinski definition) is 0. The average molecular weight is 252 g/mol. The first-order chi connectivity index (χ1) is 8.67. The zero-order valence-electron chi connectivity index (χ0n) is 13.3. The summed E-state index contributed by atoms with van der Waals surface area (Å²) in [5.41, 5.74) is 0.615. The van der Waals surface area contributed by atoms with E-state index in [9.17, 15) is 0 Å². The fourth-order valence-corrected chi connectivity index (χ4v) is 3.63. The van der Waals surface area contributed by atoms with E-state index in [4.69, 9.17) is 0 Å². The Labute approximate surface area is 116 Å². The van der Waals surface area contributed by atoms with E-state index in [1.165, 1.54) is 83.5 Å². The maximum absolute atomic E-state index is 2.53. The topological polar surface area (TPSA) is 0 Å². The highest BCUT2D eigenvalue weighted by molar-refractivity contribution is 4.80. The molecule has 108 valence electrons. The molecular weight excluding hydrogens is 216 g/mol. The van der Waals surface area contributed by atoms with Gasteiger partial charge >= 0.3 is 0 Å². The van der Waals surface area contributed by atoms with E-state index in [0.29, 0.717) is 5.41 Å². The van der Waals surface area contributed by atoms with Crippen LogP contribution >= 0.6 is 0 Å². The first-order valence-electron chi connectivity index (χ1n) is 8.67. The molecule has 1 aliphatic rings. The summed E-state index contributed by atoms with van der Waals surface area (Å²) in [5, 5.41) is 0. The lowest BCUT2D eigenvalue weighted by atomic mass is 9.69. The van der Waals surface area contributed by atoms with Crippen LogP contribution in [-0.4, -0.2) is 0 Å². The maximum Gasteiger partial charge on any atom is -0.0326 e. The van der Waals surface area contributed by atoms with Crippen LogP contribution in [-0.2, 0) is 0 Å². The molecule has 0 N–H and O–H groups in total. The second-order valence-electron chi connectivity index (χ2n) is 7.19. The third-order valence-corrected chi connectivity index (χ3v) is 5.14. The van der Waals surface area contributed by atoms with Crippen LogP contribution < -0.4 is 0 Å². The predicted octanol–water partition coefficient (Wildman–Crippen LogP) is 6.73. The van der Waals surface area contributed by atoms with Crippen LogP contribution in [0, 0.1) is 11.3 Å². The molecule has 0 aromatic heterocycles. The first kappa shape index (κ1) is 16.1. The molecule has 1 rings (SSSR count). The number of rotatable bonds is 9. The van der Waals surface area contributed by atoms with Crippen LogP contribution in [0.15, 0.2) is 0 Å². The van der Waals surface area contributed by atoms with Gasteiger partial charge in [0.1, 0.15) is 0 Å². The summed E-state index contributed by atoms with van der Waals surface area (Å²) in [6.45, 7) is 7.35. The Kier molecular flexibility index (Phi) is 8.02. The quantitative estimate of drug-likeness (QED) is 0.399. The van der Waals surface area contributed by atoms with Crippen molar-refractivity contribution in [3.05, 3.63) is 0 Å². The van der Waals surface area contributed by atoms with Gasteiger partial charge in [-0.2, -0.15) is 0 Å². The van der Waals surface area contributed by atoms with Crippen molar-refractivity contribution in [3.63, 3.8) is 0 Å². The van der Waals surface area contributed by atoms with Crippen LogP contribution in [0.5, 0.6) is 0 Å².